The van der Waals surface area contributed by atoms with Crippen LogP contribution in [0.25, 0.3) is 0 Å². The zero-order valence-electron chi connectivity index (χ0n) is 13.3. The van der Waals surface area contributed by atoms with Gasteiger partial charge in [-0.15, -0.1) is 0 Å². The summed E-state index contributed by atoms with van der Waals surface area (Å²) in [7, 11) is 0. The Balaban J connectivity index is 1.65. The fraction of sp³-hybridized carbons (Fsp3) is 0.556. The Morgan fingerprint density at radius 2 is 1.74 bits per heavy atom. The predicted molar refractivity (Wildman–Crippen MR) is 90.5 cm³/mol. The third kappa shape index (κ3) is 3.86. The summed E-state index contributed by atoms with van der Waals surface area (Å²) in [5.74, 6) is 0.155. The first kappa shape index (κ1) is 16.3. The number of likely N-dealkylation sites (tertiary alicyclic amines) is 2. The third-order valence-electron chi connectivity index (χ3n) is 4.80. The maximum Gasteiger partial charge on any atom is 0.253 e. The summed E-state index contributed by atoms with van der Waals surface area (Å²) in [5, 5.41) is 0.564. The van der Waals surface area contributed by atoms with Crippen LogP contribution in [0.2, 0.25) is 5.02 Å². The van der Waals surface area contributed by atoms with Gasteiger partial charge < -0.3 is 9.80 Å². The van der Waals surface area contributed by atoms with Crippen molar-refractivity contribution in [2.24, 2.45) is 5.92 Å². The van der Waals surface area contributed by atoms with E-state index in [0.717, 1.165) is 45.3 Å². The minimum Gasteiger partial charge on any atom is -0.342 e. The van der Waals surface area contributed by atoms with E-state index in [0.29, 0.717) is 17.1 Å². The van der Waals surface area contributed by atoms with Gasteiger partial charge in [0.15, 0.2) is 0 Å². The topological polar surface area (TPSA) is 40.6 Å². The maximum atomic E-state index is 12.7. The summed E-state index contributed by atoms with van der Waals surface area (Å²) in [6.07, 6.45) is 5.19. The Hall–Kier alpha value is -1.55. The molecule has 0 unspecified atom stereocenters. The fourth-order valence-electron chi connectivity index (χ4n) is 3.54. The zero-order chi connectivity index (χ0) is 16.2. The van der Waals surface area contributed by atoms with Gasteiger partial charge in [0.25, 0.3) is 5.91 Å². The monoisotopic (exact) mass is 334 g/mol. The van der Waals surface area contributed by atoms with Crippen LogP contribution < -0.4 is 0 Å². The molecule has 0 radical (unpaired) electrons. The van der Waals surface area contributed by atoms with E-state index < -0.39 is 0 Å². The van der Waals surface area contributed by atoms with Gasteiger partial charge in [-0.05, 0) is 50.3 Å². The van der Waals surface area contributed by atoms with Crippen LogP contribution >= 0.6 is 11.6 Å². The first-order chi connectivity index (χ1) is 11.1. The highest BCUT2D eigenvalue weighted by Gasteiger charge is 2.32. The molecule has 0 spiro atoms. The molecule has 2 fully saturated rings. The average Bonchev–Trinajstić information content (AvgIpc) is 2.61. The van der Waals surface area contributed by atoms with Crippen LogP contribution in [0.4, 0.5) is 0 Å². The van der Waals surface area contributed by atoms with Gasteiger partial charge in [0.1, 0.15) is 0 Å². The van der Waals surface area contributed by atoms with Crippen molar-refractivity contribution in [3.8, 4) is 0 Å². The Labute approximate surface area is 142 Å². The lowest BCUT2D eigenvalue weighted by molar-refractivity contribution is -0.137. The number of hydrogen-bond donors (Lipinski definition) is 0. The fourth-order valence-corrected chi connectivity index (χ4v) is 3.73. The van der Waals surface area contributed by atoms with E-state index in [9.17, 15) is 9.59 Å². The number of amides is 2. The van der Waals surface area contributed by atoms with E-state index in [1.165, 1.54) is 6.42 Å². The van der Waals surface area contributed by atoms with Gasteiger partial charge >= 0.3 is 0 Å². The normalized spacial score (nSPS) is 22.0. The number of benzene rings is 1. The Morgan fingerprint density at radius 1 is 1.00 bits per heavy atom. The van der Waals surface area contributed by atoms with Crippen molar-refractivity contribution >= 4 is 23.4 Å². The number of carbonyl (C=O) groups excluding carboxylic acids is 2. The van der Waals surface area contributed by atoms with Gasteiger partial charge in [-0.2, -0.15) is 0 Å². The van der Waals surface area contributed by atoms with E-state index in [-0.39, 0.29) is 17.7 Å². The van der Waals surface area contributed by atoms with Crippen LogP contribution in [-0.2, 0) is 4.79 Å². The maximum absolute atomic E-state index is 12.7. The van der Waals surface area contributed by atoms with Gasteiger partial charge in [0.05, 0.1) is 5.92 Å². The molecule has 5 heteroatoms. The van der Waals surface area contributed by atoms with E-state index in [1.54, 1.807) is 24.3 Å². The molecule has 4 nitrogen and oxygen atoms in total. The minimum atomic E-state index is -0.0509. The molecule has 1 aromatic carbocycles. The van der Waals surface area contributed by atoms with Gasteiger partial charge in [0, 0.05) is 36.8 Å². The highest BCUT2D eigenvalue weighted by Crippen LogP contribution is 2.23. The second-order valence-electron chi connectivity index (χ2n) is 6.49. The predicted octanol–water partition coefficient (Wildman–Crippen LogP) is 3.20. The van der Waals surface area contributed by atoms with Crippen LogP contribution in [0.3, 0.4) is 0 Å². The first-order valence-corrected chi connectivity index (χ1v) is 8.86. The molecule has 0 aromatic heterocycles. The van der Waals surface area contributed by atoms with Gasteiger partial charge in [-0.25, -0.2) is 0 Å². The lowest BCUT2D eigenvalue weighted by Gasteiger charge is -2.36. The summed E-state index contributed by atoms with van der Waals surface area (Å²) >= 11 is 5.98. The summed E-state index contributed by atoms with van der Waals surface area (Å²) in [6, 6.07) is 7.03. The van der Waals surface area contributed by atoms with Crippen molar-refractivity contribution in [3.05, 3.63) is 34.9 Å². The van der Waals surface area contributed by atoms with Crippen LogP contribution in [0, 0.1) is 5.92 Å². The van der Waals surface area contributed by atoms with E-state index in [1.807, 2.05) is 9.80 Å². The van der Waals surface area contributed by atoms with Crippen molar-refractivity contribution in [3.63, 3.8) is 0 Å². The molecular weight excluding hydrogens is 312 g/mol. The molecule has 2 aliphatic rings. The number of hydrogen-bond acceptors (Lipinski definition) is 2. The second-order valence-corrected chi connectivity index (χ2v) is 6.92. The number of carbonyl (C=O) groups is 2. The van der Waals surface area contributed by atoms with Crippen LogP contribution in [0.5, 0.6) is 0 Å². The zero-order valence-corrected chi connectivity index (χ0v) is 14.1. The summed E-state index contributed by atoms with van der Waals surface area (Å²) in [4.78, 5) is 29.1. The molecule has 1 atom stereocenters. The molecule has 0 aliphatic carbocycles. The van der Waals surface area contributed by atoms with Crippen LogP contribution in [0.1, 0.15) is 42.5 Å². The van der Waals surface area contributed by atoms with Crippen molar-refractivity contribution in [2.45, 2.75) is 32.1 Å². The van der Waals surface area contributed by atoms with Gasteiger partial charge in [0.2, 0.25) is 5.91 Å². The molecule has 1 aromatic rings. The molecule has 2 aliphatic heterocycles. The lowest BCUT2D eigenvalue weighted by atomic mass is 9.95. The molecule has 2 saturated heterocycles. The van der Waals surface area contributed by atoms with Crippen molar-refractivity contribution in [1.82, 2.24) is 9.80 Å². The molecule has 2 amide bonds. The van der Waals surface area contributed by atoms with Gasteiger partial charge in [-0.3, -0.25) is 9.59 Å². The summed E-state index contributed by atoms with van der Waals surface area (Å²) < 4.78 is 0. The second kappa shape index (κ2) is 7.35. The molecular formula is C18H23ClN2O2. The standard InChI is InChI=1S/C18H23ClN2O2/c19-16-8-4-6-14(12-16)17(22)21-11-5-7-15(13-21)18(23)20-9-2-1-3-10-20/h4,6,8,12,15H,1-3,5,7,9-11,13H2/t15-/m1/s1. The number of piperidine rings is 2. The number of halogens is 1. The van der Waals surface area contributed by atoms with E-state index in [2.05, 4.69) is 0 Å². The Bertz CT molecular complexity index is 584. The number of rotatable bonds is 2. The van der Waals surface area contributed by atoms with Crippen molar-refractivity contribution in [2.75, 3.05) is 26.2 Å². The first-order valence-electron chi connectivity index (χ1n) is 8.49. The molecule has 0 bridgehead atoms. The summed E-state index contributed by atoms with van der Waals surface area (Å²) in [5.41, 5.74) is 0.601. The van der Waals surface area contributed by atoms with E-state index in [4.69, 9.17) is 11.6 Å². The van der Waals surface area contributed by atoms with Gasteiger partial charge in [-0.1, -0.05) is 17.7 Å². The molecule has 23 heavy (non-hydrogen) atoms. The average molecular weight is 335 g/mol. The smallest absolute Gasteiger partial charge is 0.253 e. The van der Waals surface area contributed by atoms with E-state index >= 15 is 0 Å². The lowest BCUT2D eigenvalue weighted by Crippen LogP contribution is -2.47. The Kier molecular flexibility index (Phi) is 5.21. The quantitative estimate of drug-likeness (QED) is 0.833. The van der Waals surface area contributed by atoms with Crippen molar-refractivity contribution in [1.29, 1.82) is 0 Å². The molecule has 0 N–H and O–H groups in total. The molecule has 2 heterocycles. The highest BCUT2D eigenvalue weighted by molar-refractivity contribution is 6.30. The largest absolute Gasteiger partial charge is 0.342 e. The minimum absolute atomic E-state index is 0.0244. The van der Waals surface area contributed by atoms with Crippen molar-refractivity contribution < 1.29 is 9.59 Å². The molecule has 3 rings (SSSR count). The SMILES string of the molecule is O=C(c1cccc(Cl)c1)N1CCC[C@@H](C(=O)N2CCCCC2)C1. The van der Waals surface area contributed by atoms with Crippen LogP contribution in [-0.4, -0.2) is 47.8 Å². The highest BCUT2D eigenvalue weighted by atomic mass is 35.5. The number of nitrogens with zero attached hydrogens (tertiary/aromatic N) is 2. The summed E-state index contributed by atoms with van der Waals surface area (Å²) in [6.45, 7) is 2.99. The third-order valence-corrected chi connectivity index (χ3v) is 5.03. The Morgan fingerprint density at radius 3 is 2.48 bits per heavy atom. The molecule has 0 saturated carbocycles. The van der Waals surface area contributed by atoms with Crippen LogP contribution in [0.15, 0.2) is 24.3 Å². The molecule has 124 valence electrons.